The molecule has 24 heavy (non-hydrogen) atoms. The fraction of sp³-hybridized carbons (Fsp3) is 0.500. The van der Waals surface area contributed by atoms with Crippen molar-refractivity contribution < 1.29 is 9.90 Å². The number of carbonyl (C=O) groups excluding carboxylic acids is 1. The van der Waals surface area contributed by atoms with Crippen LogP contribution >= 0.6 is 0 Å². The van der Waals surface area contributed by atoms with E-state index in [1.54, 1.807) is 12.1 Å². The fourth-order valence-corrected chi connectivity index (χ4v) is 2.65. The summed E-state index contributed by atoms with van der Waals surface area (Å²) >= 11 is 0. The van der Waals surface area contributed by atoms with Crippen LogP contribution in [-0.2, 0) is 0 Å². The van der Waals surface area contributed by atoms with E-state index in [-0.39, 0.29) is 12.5 Å². The molecule has 1 atom stereocenters. The van der Waals surface area contributed by atoms with Crippen molar-refractivity contribution in [2.45, 2.75) is 45.1 Å². The molecule has 0 aliphatic heterocycles. The maximum absolute atomic E-state index is 12.1. The molecule has 1 aliphatic carbocycles. The van der Waals surface area contributed by atoms with E-state index in [0.29, 0.717) is 29.6 Å². The molecule has 1 aliphatic rings. The number of benzene rings is 1. The van der Waals surface area contributed by atoms with Crippen LogP contribution in [0.3, 0.4) is 0 Å². The van der Waals surface area contributed by atoms with Crippen LogP contribution in [0.4, 0.5) is 0 Å². The van der Waals surface area contributed by atoms with Crippen LogP contribution < -0.4 is 5.32 Å². The minimum atomic E-state index is -0.512. The lowest BCUT2D eigenvalue weighted by Gasteiger charge is -2.13. The number of H-pyrrole nitrogens is 1. The topological polar surface area (TPSA) is 90.9 Å². The highest BCUT2D eigenvalue weighted by molar-refractivity contribution is 5.94. The molecule has 0 spiro atoms. The van der Waals surface area contributed by atoms with Gasteiger partial charge in [-0.3, -0.25) is 9.89 Å². The number of rotatable bonds is 7. The molecule has 1 aromatic carbocycles. The van der Waals surface area contributed by atoms with Gasteiger partial charge in [-0.1, -0.05) is 26.0 Å². The van der Waals surface area contributed by atoms with E-state index in [4.69, 9.17) is 0 Å². The lowest BCUT2D eigenvalue weighted by molar-refractivity contribution is 0.0900. The number of nitrogens with one attached hydrogen (secondary N) is 2. The molecule has 1 fully saturated rings. The average Bonchev–Trinajstić information content (AvgIpc) is 3.29. The molecule has 1 unspecified atom stereocenters. The van der Waals surface area contributed by atoms with Crippen LogP contribution in [0, 0.1) is 5.92 Å². The van der Waals surface area contributed by atoms with Gasteiger partial charge in [-0.25, -0.2) is 4.98 Å². The number of amides is 1. The average molecular weight is 328 g/mol. The Kier molecular flexibility index (Phi) is 4.94. The van der Waals surface area contributed by atoms with E-state index in [1.807, 2.05) is 26.0 Å². The van der Waals surface area contributed by atoms with Gasteiger partial charge >= 0.3 is 0 Å². The molecule has 6 nitrogen and oxygen atoms in total. The largest absolute Gasteiger partial charge is 0.391 e. The predicted octanol–water partition coefficient (Wildman–Crippen LogP) is 2.49. The van der Waals surface area contributed by atoms with E-state index in [2.05, 4.69) is 20.5 Å². The third kappa shape index (κ3) is 4.20. The zero-order valence-corrected chi connectivity index (χ0v) is 14.1. The number of nitrogens with zero attached hydrogens (tertiary/aromatic N) is 2. The second-order valence-corrected chi connectivity index (χ2v) is 6.89. The van der Waals surface area contributed by atoms with Gasteiger partial charge in [0.15, 0.2) is 5.82 Å². The van der Waals surface area contributed by atoms with Crippen molar-refractivity contribution in [2.75, 3.05) is 6.54 Å². The van der Waals surface area contributed by atoms with Crippen LogP contribution in [0.2, 0.25) is 0 Å². The van der Waals surface area contributed by atoms with Crippen molar-refractivity contribution in [3.05, 3.63) is 35.7 Å². The molecule has 3 rings (SSSR count). The Balaban J connectivity index is 1.57. The standard InChI is InChI=1S/C18H24N4O2/c1-11(2)9-15(23)10-19-18(24)14-7-5-13(6-8-14)17-20-16(21-22-17)12-3-4-12/h5-8,11-12,15,23H,3-4,9-10H2,1-2H3,(H,19,24)(H,20,21,22). The molecule has 1 amide bonds. The summed E-state index contributed by atoms with van der Waals surface area (Å²) in [6.45, 7) is 4.35. The van der Waals surface area contributed by atoms with Gasteiger partial charge in [-0.2, -0.15) is 5.10 Å². The lowest BCUT2D eigenvalue weighted by atomic mass is 10.1. The number of aromatic nitrogens is 3. The highest BCUT2D eigenvalue weighted by Crippen LogP contribution is 2.38. The summed E-state index contributed by atoms with van der Waals surface area (Å²) in [7, 11) is 0. The molecule has 6 heteroatoms. The van der Waals surface area contributed by atoms with Crippen molar-refractivity contribution in [2.24, 2.45) is 5.92 Å². The van der Waals surface area contributed by atoms with Crippen molar-refractivity contribution in [3.8, 4) is 11.4 Å². The van der Waals surface area contributed by atoms with Gasteiger partial charge < -0.3 is 10.4 Å². The molecule has 1 saturated carbocycles. The van der Waals surface area contributed by atoms with E-state index in [9.17, 15) is 9.90 Å². The van der Waals surface area contributed by atoms with E-state index < -0.39 is 6.10 Å². The SMILES string of the molecule is CC(C)CC(O)CNC(=O)c1ccc(-c2n[nH]c(C3CC3)n2)cc1. The fourth-order valence-electron chi connectivity index (χ4n) is 2.65. The van der Waals surface area contributed by atoms with Crippen molar-refractivity contribution in [3.63, 3.8) is 0 Å². The Morgan fingerprint density at radius 2 is 2.04 bits per heavy atom. The van der Waals surface area contributed by atoms with Crippen LogP contribution in [0.1, 0.15) is 55.2 Å². The zero-order valence-electron chi connectivity index (χ0n) is 14.1. The lowest BCUT2D eigenvalue weighted by Crippen LogP contribution is -2.32. The number of hydrogen-bond acceptors (Lipinski definition) is 4. The Hall–Kier alpha value is -2.21. The van der Waals surface area contributed by atoms with Gasteiger partial charge in [0, 0.05) is 23.6 Å². The smallest absolute Gasteiger partial charge is 0.251 e. The second kappa shape index (κ2) is 7.13. The molecule has 0 saturated heterocycles. The minimum Gasteiger partial charge on any atom is -0.391 e. The van der Waals surface area contributed by atoms with Crippen LogP contribution in [-0.4, -0.2) is 38.8 Å². The summed E-state index contributed by atoms with van der Waals surface area (Å²) < 4.78 is 0. The summed E-state index contributed by atoms with van der Waals surface area (Å²) in [6.07, 6.45) is 2.52. The van der Waals surface area contributed by atoms with Gasteiger partial charge in [0.1, 0.15) is 5.82 Å². The first-order chi connectivity index (χ1) is 11.5. The zero-order chi connectivity index (χ0) is 17.1. The normalized spacial score (nSPS) is 15.5. The van der Waals surface area contributed by atoms with Gasteiger partial charge in [0.25, 0.3) is 5.91 Å². The number of aliphatic hydroxyl groups is 1. The number of aliphatic hydroxyl groups excluding tert-OH is 1. The molecule has 3 N–H and O–H groups in total. The number of hydrogen-bond donors (Lipinski definition) is 3. The third-order valence-electron chi connectivity index (χ3n) is 4.11. The third-order valence-corrected chi connectivity index (χ3v) is 4.11. The Bertz CT molecular complexity index is 689. The Morgan fingerprint density at radius 3 is 2.67 bits per heavy atom. The number of carbonyl (C=O) groups is 1. The van der Waals surface area contributed by atoms with Gasteiger partial charge in [-0.15, -0.1) is 0 Å². The highest BCUT2D eigenvalue weighted by atomic mass is 16.3. The van der Waals surface area contributed by atoms with Gasteiger partial charge in [0.2, 0.25) is 0 Å². The van der Waals surface area contributed by atoms with Crippen LogP contribution in [0.25, 0.3) is 11.4 Å². The van der Waals surface area contributed by atoms with Crippen molar-refractivity contribution >= 4 is 5.91 Å². The first-order valence-electron chi connectivity index (χ1n) is 8.52. The molecule has 0 bridgehead atoms. The quantitative estimate of drug-likeness (QED) is 0.728. The van der Waals surface area contributed by atoms with Crippen molar-refractivity contribution in [1.82, 2.24) is 20.5 Å². The number of aromatic amines is 1. The van der Waals surface area contributed by atoms with E-state index >= 15 is 0 Å². The van der Waals surface area contributed by atoms with Gasteiger partial charge in [0.05, 0.1) is 6.10 Å². The van der Waals surface area contributed by atoms with Crippen LogP contribution in [0.15, 0.2) is 24.3 Å². The summed E-state index contributed by atoms with van der Waals surface area (Å²) in [5.41, 5.74) is 1.45. The molecule has 1 heterocycles. The summed E-state index contributed by atoms with van der Waals surface area (Å²) in [5.74, 6) is 2.37. The Morgan fingerprint density at radius 1 is 1.33 bits per heavy atom. The summed E-state index contributed by atoms with van der Waals surface area (Å²) in [6, 6.07) is 7.21. The predicted molar refractivity (Wildman–Crippen MR) is 91.6 cm³/mol. The van der Waals surface area contributed by atoms with Gasteiger partial charge in [-0.05, 0) is 37.3 Å². The summed E-state index contributed by atoms with van der Waals surface area (Å²) in [5, 5.41) is 19.8. The molecule has 128 valence electrons. The summed E-state index contributed by atoms with van der Waals surface area (Å²) in [4.78, 5) is 16.6. The monoisotopic (exact) mass is 328 g/mol. The van der Waals surface area contributed by atoms with E-state index in [1.165, 1.54) is 12.8 Å². The highest BCUT2D eigenvalue weighted by Gasteiger charge is 2.27. The van der Waals surface area contributed by atoms with E-state index in [0.717, 1.165) is 11.4 Å². The molecular weight excluding hydrogens is 304 g/mol. The van der Waals surface area contributed by atoms with Crippen LogP contribution in [0.5, 0.6) is 0 Å². The first-order valence-corrected chi connectivity index (χ1v) is 8.52. The molecule has 0 radical (unpaired) electrons. The second-order valence-electron chi connectivity index (χ2n) is 6.89. The first kappa shape index (κ1) is 16.6. The maximum Gasteiger partial charge on any atom is 0.251 e. The van der Waals surface area contributed by atoms with Crippen molar-refractivity contribution in [1.29, 1.82) is 0 Å². The minimum absolute atomic E-state index is 0.182. The molecular formula is C18H24N4O2. The maximum atomic E-state index is 12.1. The molecule has 2 aromatic rings. The molecule has 1 aromatic heterocycles. The Labute approximate surface area is 141 Å².